The molecule has 148 valence electrons. The minimum absolute atomic E-state index is 0.0527. The Kier molecular flexibility index (Phi) is 5.61. The largest absolute Gasteiger partial charge is 0.317 e. The molecule has 1 fully saturated rings. The van der Waals surface area contributed by atoms with Crippen LogP contribution in [-0.2, 0) is 9.72 Å². The Balaban J connectivity index is 1.98. The number of rotatable bonds is 5. The van der Waals surface area contributed by atoms with E-state index in [1.807, 2.05) is 24.3 Å². The number of benzene rings is 3. The van der Waals surface area contributed by atoms with Gasteiger partial charge in [0.2, 0.25) is 0 Å². The van der Waals surface area contributed by atoms with Crippen LogP contribution in [0.25, 0.3) is 0 Å². The van der Waals surface area contributed by atoms with Crippen molar-refractivity contribution in [2.45, 2.75) is 43.9 Å². The highest BCUT2D eigenvalue weighted by molar-refractivity contribution is 7.73. The fraction of sp³-hybridized carbons (Fsp3) is 0.259. The monoisotopic (exact) mass is 400 g/mol. The fourth-order valence-corrected chi connectivity index (χ4v) is 9.47. The van der Waals surface area contributed by atoms with E-state index in [0.717, 1.165) is 24.6 Å². The van der Waals surface area contributed by atoms with Gasteiger partial charge >= 0.3 is 0 Å². The van der Waals surface area contributed by atoms with Crippen LogP contribution in [0.1, 0.15) is 49.9 Å². The SMILES string of the molecule is CC(C)=CC[C@]1(c2ccccc2)CC[C@@H](c2ccccc2)[P@@]1(=O)c1ccccc1. The number of hydrogen-bond acceptors (Lipinski definition) is 1. The third-order valence-corrected chi connectivity index (χ3v) is 10.8. The molecule has 3 aromatic carbocycles. The second-order valence-electron chi connectivity index (χ2n) is 8.34. The summed E-state index contributed by atoms with van der Waals surface area (Å²) < 4.78 is 15.4. The lowest BCUT2D eigenvalue weighted by Gasteiger charge is -2.38. The summed E-state index contributed by atoms with van der Waals surface area (Å²) in [4.78, 5) is 0. The molecule has 0 aromatic heterocycles. The van der Waals surface area contributed by atoms with Gasteiger partial charge in [-0.2, -0.15) is 0 Å². The highest BCUT2D eigenvalue weighted by Crippen LogP contribution is 2.79. The molecule has 0 amide bonds. The zero-order valence-corrected chi connectivity index (χ0v) is 18.2. The van der Waals surface area contributed by atoms with E-state index in [-0.39, 0.29) is 10.8 Å². The molecule has 1 aliphatic heterocycles. The maximum atomic E-state index is 15.4. The van der Waals surface area contributed by atoms with Crippen molar-refractivity contribution >= 4 is 12.4 Å². The van der Waals surface area contributed by atoms with Gasteiger partial charge in [0.25, 0.3) is 0 Å². The molecule has 1 aliphatic rings. The molecule has 0 bridgehead atoms. The summed E-state index contributed by atoms with van der Waals surface area (Å²) in [5.41, 5.74) is 3.75. The molecular formula is C27H29OP. The average Bonchev–Trinajstić information content (AvgIpc) is 3.08. The average molecular weight is 401 g/mol. The van der Waals surface area contributed by atoms with E-state index >= 15 is 4.57 Å². The summed E-state index contributed by atoms with van der Waals surface area (Å²) in [5, 5.41) is 0.644. The van der Waals surface area contributed by atoms with Gasteiger partial charge in [0.1, 0.15) is 7.14 Å². The smallest absolute Gasteiger partial charge is 0.133 e. The zero-order chi connectivity index (χ0) is 20.3. The zero-order valence-electron chi connectivity index (χ0n) is 17.3. The molecule has 1 heterocycles. The molecule has 3 aromatic rings. The highest BCUT2D eigenvalue weighted by atomic mass is 31.2. The van der Waals surface area contributed by atoms with Crippen molar-refractivity contribution in [3.8, 4) is 0 Å². The second kappa shape index (κ2) is 8.17. The fourth-order valence-electron chi connectivity index (χ4n) is 4.96. The van der Waals surface area contributed by atoms with Gasteiger partial charge in [-0.05, 0) is 44.2 Å². The predicted octanol–water partition coefficient (Wildman–Crippen LogP) is 7.46. The van der Waals surface area contributed by atoms with E-state index < -0.39 is 7.14 Å². The van der Waals surface area contributed by atoms with Gasteiger partial charge in [-0.1, -0.05) is 103 Å². The minimum Gasteiger partial charge on any atom is -0.317 e. The van der Waals surface area contributed by atoms with E-state index in [9.17, 15) is 0 Å². The summed E-state index contributed by atoms with van der Waals surface area (Å²) in [5.74, 6) is 0. The van der Waals surface area contributed by atoms with Crippen LogP contribution in [0.2, 0.25) is 0 Å². The molecule has 3 atom stereocenters. The summed E-state index contributed by atoms with van der Waals surface area (Å²) in [7, 11) is -2.82. The Morgan fingerprint density at radius 3 is 2.03 bits per heavy atom. The first-order valence-corrected chi connectivity index (χ1v) is 12.2. The lowest BCUT2D eigenvalue weighted by Crippen LogP contribution is -2.28. The standard InChI is InChI=1S/C27H29OP/c1-22(2)18-20-27(24-14-8-4-9-15-24)21-19-26(23-12-6-3-7-13-23)29(27,28)25-16-10-5-11-17-25/h3-18,26H,19-21H2,1-2H3/t26-,27+,29-/m0/s1. The van der Waals surface area contributed by atoms with E-state index in [1.54, 1.807) is 0 Å². The van der Waals surface area contributed by atoms with Gasteiger partial charge in [0, 0.05) is 11.0 Å². The van der Waals surface area contributed by atoms with Crippen molar-refractivity contribution in [1.29, 1.82) is 0 Å². The van der Waals surface area contributed by atoms with Gasteiger partial charge < -0.3 is 4.57 Å². The Morgan fingerprint density at radius 2 is 1.45 bits per heavy atom. The Morgan fingerprint density at radius 1 is 0.897 bits per heavy atom. The van der Waals surface area contributed by atoms with Crippen LogP contribution in [0.4, 0.5) is 0 Å². The molecule has 4 rings (SSSR count). The highest BCUT2D eigenvalue weighted by Gasteiger charge is 2.58. The van der Waals surface area contributed by atoms with Crippen molar-refractivity contribution in [3.05, 3.63) is 114 Å². The van der Waals surface area contributed by atoms with E-state index in [1.165, 1.54) is 16.7 Å². The quantitative estimate of drug-likeness (QED) is 0.321. The first-order chi connectivity index (χ1) is 14.1. The molecule has 0 radical (unpaired) electrons. The van der Waals surface area contributed by atoms with Crippen molar-refractivity contribution in [3.63, 3.8) is 0 Å². The van der Waals surface area contributed by atoms with E-state index in [2.05, 4.69) is 86.7 Å². The molecule has 1 saturated heterocycles. The lowest BCUT2D eigenvalue weighted by molar-refractivity contribution is 0.527. The molecule has 0 N–H and O–H groups in total. The first-order valence-electron chi connectivity index (χ1n) is 10.5. The molecule has 0 aliphatic carbocycles. The van der Waals surface area contributed by atoms with Crippen molar-refractivity contribution < 1.29 is 4.57 Å². The predicted molar refractivity (Wildman–Crippen MR) is 124 cm³/mol. The summed E-state index contributed by atoms with van der Waals surface area (Å²) in [6, 6.07) is 31.3. The normalized spacial score (nSPS) is 26.2. The van der Waals surface area contributed by atoms with Crippen molar-refractivity contribution in [2.75, 3.05) is 0 Å². The van der Waals surface area contributed by atoms with E-state index in [4.69, 9.17) is 0 Å². The maximum absolute atomic E-state index is 15.4. The van der Waals surface area contributed by atoms with Gasteiger partial charge in [-0.15, -0.1) is 0 Å². The van der Waals surface area contributed by atoms with Crippen molar-refractivity contribution in [2.24, 2.45) is 0 Å². The van der Waals surface area contributed by atoms with Crippen LogP contribution < -0.4 is 5.30 Å². The van der Waals surface area contributed by atoms with Crippen LogP contribution >= 0.6 is 7.14 Å². The number of allylic oxidation sites excluding steroid dienone is 2. The van der Waals surface area contributed by atoms with Crippen LogP contribution in [0, 0.1) is 0 Å². The summed E-state index contributed by atoms with van der Waals surface area (Å²) >= 11 is 0. The molecule has 1 nitrogen and oxygen atoms in total. The summed E-state index contributed by atoms with van der Waals surface area (Å²) in [6.45, 7) is 4.27. The van der Waals surface area contributed by atoms with Gasteiger partial charge in [0.05, 0.1) is 5.16 Å². The van der Waals surface area contributed by atoms with Crippen LogP contribution in [-0.4, -0.2) is 0 Å². The summed E-state index contributed by atoms with van der Waals surface area (Å²) in [6.07, 6.45) is 4.99. The Labute approximate surface area is 174 Å². The van der Waals surface area contributed by atoms with Crippen LogP contribution in [0.5, 0.6) is 0 Å². The second-order valence-corrected chi connectivity index (χ2v) is 11.7. The first kappa shape index (κ1) is 19.9. The third kappa shape index (κ3) is 3.43. The van der Waals surface area contributed by atoms with Crippen LogP contribution in [0.15, 0.2) is 103 Å². The molecule has 29 heavy (non-hydrogen) atoms. The van der Waals surface area contributed by atoms with E-state index in [0.29, 0.717) is 0 Å². The molecule has 0 spiro atoms. The Hall–Kier alpha value is -2.37. The number of hydrogen-bond donors (Lipinski definition) is 0. The topological polar surface area (TPSA) is 17.1 Å². The minimum atomic E-state index is -2.82. The van der Waals surface area contributed by atoms with Gasteiger partial charge in [0.15, 0.2) is 0 Å². The molecule has 2 heteroatoms. The maximum Gasteiger partial charge on any atom is 0.133 e. The van der Waals surface area contributed by atoms with Gasteiger partial charge in [-0.25, -0.2) is 0 Å². The van der Waals surface area contributed by atoms with Crippen molar-refractivity contribution in [1.82, 2.24) is 0 Å². The third-order valence-electron chi connectivity index (χ3n) is 6.39. The lowest BCUT2D eigenvalue weighted by atomic mass is 9.89. The van der Waals surface area contributed by atoms with Gasteiger partial charge in [-0.3, -0.25) is 0 Å². The molecule has 0 saturated carbocycles. The molecular weight excluding hydrogens is 371 g/mol. The van der Waals surface area contributed by atoms with Crippen LogP contribution in [0.3, 0.4) is 0 Å². The molecule has 0 unspecified atom stereocenters. The Bertz CT molecular complexity index is 1020.